The molecule has 0 bridgehead atoms. The Morgan fingerprint density at radius 2 is 2.12 bits per heavy atom. The lowest BCUT2D eigenvalue weighted by Crippen LogP contribution is -2.11. The number of carbonyl (C=O) groups is 1. The molecule has 8 heteroatoms. The molecule has 3 rings (SSSR count). The van der Waals surface area contributed by atoms with Gasteiger partial charge in [-0.25, -0.2) is 0 Å². The maximum absolute atomic E-state index is 12.8. The Morgan fingerprint density at radius 3 is 2.72 bits per heavy atom. The highest BCUT2D eigenvalue weighted by atomic mass is 79.9. The Balaban J connectivity index is 1.89. The molecule has 1 N–H and O–H groups in total. The predicted molar refractivity (Wildman–Crippen MR) is 109 cm³/mol. The van der Waals surface area contributed by atoms with Gasteiger partial charge in [0.2, 0.25) is 0 Å². The topological polar surface area (TPSA) is 69.9 Å². The number of anilines is 1. The van der Waals surface area contributed by atoms with Crippen LogP contribution in [0.3, 0.4) is 0 Å². The van der Waals surface area contributed by atoms with Gasteiger partial charge in [0.05, 0.1) is 15.6 Å². The minimum Gasteiger partial charge on any atom is -0.377 e. The highest BCUT2D eigenvalue weighted by Gasteiger charge is 2.39. The number of aryl methyl sites for hydroxylation is 1. The van der Waals surface area contributed by atoms with Crippen molar-refractivity contribution in [3.05, 3.63) is 43.2 Å². The first-order chi connectivity index (χ1) is 11.9. The zero-order valence-electron chi connectivity index (χ0n) is 14.0. The molecule has 1 aliphatic rings. The van der Waals surface area contributed by atoms with Gasteiger partial charge in [-0.15, -0.1) is 21.5 Å². The number of halogens is 1. The van der Waals surface area contributed by atoms with Crippen molar-refractivity contribution in [2.45, 2.75) is 19.3 Å². The van der Waals surface area contributed by atoms with Crippen LogP contribution >= 0.6 is 39.0 Å². The molecule has 130 valence electrons. The van der Waals surface area contributed by atoms with Crippen molar-refractivity contribution < 1.29 is 4.79 Å². The number of nitrogens with one attached hydrogen (secondary N) is 1. The van der Waals surface area contributed by atoms with E-state index in [1.54, 1.807) is 0 Å². The summed E-state index contributed by atoms with van der Waals surface area (Å²) < 4.78 is 0.964. The summed E-state index contributed by atoms with van der Waals surface area (Å²) in [6.45, 7) is 2.00. The molecule has 0 aliphatic carbocycles. The smallest absolute Gasteiger partial charge is 0.186 e. The average molecular weight is 437 g/mol. The lowest BCUT2D eigenvalue weighted by atomic mass is 10.1. The van der Waals surface area contributed by atoms with Crippen LogP contribution in [0.4, 0.5) is 5.69 Å². The first-order valence-corrected chi connectivity index (χ1v) is 10.1. The van der Waals surface area contributed by atoms with Crippen molar-refractivity contribution in [3.63, 3.8) is 0 Å². The number of rotatable bonds is 4. The number of aromatic nitrogens is 2. The van der Waals surface area contributed by atoms with Crippen molar-refractivity contribution in [3.8, 4) is 0 Å². The maximum atomic E-state index is 12.8. The third kappa shape index (κ3) is 3.70. The lowest BCUT2D eigenvalue weighted by molar-refractivity contribution is -0.114. The summed E-state index contributed by atoms with van der Waals surface area (Å²) >= 11 is 6.19. The van der Waals surface area contributed by atoms with Gasteiger partial charge in [-0.3, -0.25) is 10.2 Å². The monoisotopic (exact) mass is 436 g/mol. The highest BCUT2D eigenvalue weighted by Crippen LogP contribution is 2.41. The molecule has 1 atom stereocenters. The molecule has 1 fully saturated rings. The summed E-state index contributed by atoms with van der Waals surface area (Å²) in [5.74, 6) is -0.667. The Bertz CT molecular complexity index is 875. The van der Waals surface area contributed by atoms with E-state index in [4.69, 9.17) is 5.41 Å². The molecule has 1 aliphatic heterocycles. The van der Waals surface area contributed by atoms with Crippen LogP contribution in [0.2, 0.25) is 0 Å². The summed E-state index contributed by atoms with van der Waals surface area (Å²) in [7, 11) is 3.96. The first kappa shape index (κ1) is 18.3. The van der Waals surface area contributed by atoms with E-state index in [0.717, 1.165) is 27.2 Å². The standard InChI is InChI=1S/C17H17BrN4OS2/c1-4-13-20-21-17(25-13)14-15(23)12(24-16(14)19)8-9-5-6-11(22(2)3)10(18)7-9/h5-8,14,19H,4H2,1-3H3. The molecule has 1 aromatic carbocycles. The quantitative estimate of drug-likeness (QED) is 0.721. The van der Waals surface area contributed by atoms with Gasteiger partial charge in [0.15, 0.2) is 5.78 Å². The molecular weight excluding hydrogens is 420 g/mol. The highest BCUT2D eigenvalue weighted by molar-refractivity contribution is 9.10. The van der Waals surface area contributed by atoms with Crippen LogP contribution in [0.1, 0.15) is 28.4 Å². The molecule has 1 unspecified atom stereocenters. The van der Waals surface area contributed by atoms with E-state index in [0.29, 0.717) is 15.0 Å². The number of hydrogen-bond acceptors (Lipinski definition) is 7. The summed E-state index contributed by atoms with van der Waals surface area (Å²) in [5.41, 5.74) is 1.99. The van der Waals surface area contributed by atoms with Gasteiger partial charge in [0.1, 0.15) is 15.9 Å². The Morgan fingerprint density at radius 1 is 1.36 bits per heavy atom. The van der Waals surface area contributed by atoms with Crippen molar-refractivity contribution in [1.29, 1.82) is 5.41 Å². The Kier molecular flexibility index (Phi) is 5.41. The van der Waals surface area contributed by atoms with Crippen LogP contribution in [-0.2, 0) is 11.2 Å². The number of benzene rings is 1. The van der Waals surface area contributed by atoms with Gasteiger partial charge in [-0.1, -0.05) is 24.8 Å². The van der Waals surface area contributed by atoms with E-state index in [1.807, 2.05) is 50.2 Å². The zero-order valence-corrected chi connectivity index (χ0v) is 17.3. The third-order valence-corrected chi connectivity index (χ3v) is 6.53. The van der Waals surface area contributed by atoms with E-state index in [2.05, 4.69) is 26.1 Å². The molecule has 1 saturated heterocycles. The summed E-state index contributed by atoms with van der Waals surface area (Å²) in [5, 5.41) is 18.2. The predicted octanol–water partition coefficient (Wildman–Crippen LogP) is 4.35. The van der Waals surface area contributed by atoms with Crippen LogP contribution in [0, 0.1) is 5.41 Å². The second kappa shape index (κ2) is 7.39. The summed E-state index contributed by atoms with van der Waals surface area (Å²) in [6.07, 6.45) is 2.63. The van der Waals surface area contributed by atoms with Crippen LogP contribution in [0.25, 0.3) is 6.08 Å². The van der Waals surface area contributed by atoms with E-state index >= 15 is 0 Å². The maximum Gasteiger partial charge on any atom is 0.186 e. The largest absolute Gasteiger partial charge is 0.377 e. The molecule has 0 amide bonds. The normalized spacial score (nSPS) is 19.0. The molecule has 2 aromatic rings. The summed E-state index contributed by atoms with van der Waals surface area (Å²) in [4.78, 5) is 15.4. The SMILES string of the molecule is CCc1nnc(C2C(=N)SC(=Cc3ccc(N(C)C)c(Br)c3)C2=O)s1. The number of allylic oxidation sites excluding steroid dienone is 1. The third-order valence-electron chi connectivity index (χ3n) is 3.77. The Hall–Kier alpha value is -1.51. The minimum atomic E-state index is -0.599. The number of ketones is 1. The number of nitrogens with zero attached hydrogens (tertiary/aromatic N) is 3. The van der Waals surface area contributed by atoms with Crippen LogP contribution in [-0.4, -0.2) is 35.1 Å². The molecular formula is C17H17BrN4OS2. The number of carbonyl (C=O) groups excluding carboxylic acids is 1. The van der Waals surface area contributed by atoms with Gasteiger partial charge in [0.25, 0.3) is 0 Å². The van der Waals surface area contributed by atoms with Crippen molar-refractivity contribution in [2.75, 3.05) is 19.0 Å². The van der Waals surface area contributed by atoms with E-state index < -0.39 is 5.92 Å². The fourth-order valence-corrected chi connectivity index (χ4v) is 5.17. The zero-order chi connectivity index (χ0) is 18.1. The van der Waals surface area contributed by atoms with E-state index in [9.17, 15) is 4.79 Å². The van der Waals surface area contributed by atoms with E-state index in [1.165, 1.54) is 23.1 Å². The molecule has 2 heterocycles. The number of Topliss-reactive ketones (excluding diaryl/α,β-unsaturated/α-hetero) is 1. The molecule has 1 aromatic heterocycles. The van der Waals surface area contributed by atoms with Gasteiger partial charge >= 0.3 is 0 Å². The van der Waals surface area contributed by atoms with Crippen LogP contribution in [0.5, 0.6) is 0 Å². The van der Waals surface area contributed by atoms with Gasteiger partial charge in [-0.05, 0) is 46.1 Å². The second-order valence-electron chi connectivity index (χ2n) is 5.77. The lowest BCUT2D eigenvalue weighted by Gasteiger charge is -2.14. The number of thioether (sulfide) groups is 1. The second-order valence-corrected chi connectivity index (χ2v) is 8.80. The average Bonchev–Trinajstić information content (AvgIpc) is 3.12. The van der Waals surface area contributed by atoms with Gasteiger partial charge in [-0.2, -0.15) is 0 Å². The van der Waals surface area contributed by atoms with Crippen molar-refractivity contribution in [1.82, 2.24) is 10.2 Å². The minimum absolute atomic E-state index is 0.0680. The molecule has 5 nitrogen and oxygen atoms in total. The number of hydrogen-bond donors (Lipinski definition) is 1. The molecule has 25 heavy (non-hydrogen) atoms. The molecule has 0 radical (unpaired) electrons. The first-order valence-electron chi connectivity index (χ1n) is 7.72. The fourth-order valence-electron chi connectivity index (χ4n) is 2.47. The molecule has 0 saturated carbocycles. The van der Waals surface area contributed by atoms with Crippen LogP contribution in [0.15, 0.2) is 27.6 Å². The van der Waals surface area contributed by atoms with Gasteiger partial charge in [0, 0.05) is 18.6 Å². The van der Waals surface area contributed by atoms with Gasteiger partial charge < -0.3 is 4.90 Å². The van der Waals surface area contributed by atoms with Crippen molar-refractivity contribution >= 4 is 61.6 Å². The van der Waals surface area contributed by atoms with E-state index in [-0.39, 0.29) is 5.78 Å². The van der Waals surface area contributed by atoms with Crippen molar-refractivity contribution in [2.24, 2.45) is 0 Å². The Labute approximate surface area is 163 Å². The summed E-state index contributed by atoms with van der Waals surface area (Å²) in [6, 6.07) is 5.95. The fraction of sp³-hybridized carbons (Fsp3) is 0.294. The van der Waals surface area contributed by atoms with Crippen LogP contribution < -0.4 is 4.90 Å². The molecule has 0 spiro atoms.